The van der Waals surface area contributed by atoms with Crippen molar-refractivity contribution < 1.29 is 19.4 Å². The average molecular weight is 420 g/mol. The first-order chi connectivity index (χ1) is 15.0. The van der Waals surface area contributed by atoms with Gasteiger partial charge in [0.05, 0.1) is 36.7 Å². The number of anilines is 1. The van der Waals surface area contributed by atoms with E-state index in [2.05, 4.69) is 9.97 Å². The van der Waals surface area contributed by atoms with E-state index in [1.165, 1.54) is 6.33 Å². The molecule has 3 aliphatic heterocycles. The maximum absolute atomic E-state index is 13.5. The largest absolute Gasteiger partial charge is 0.396 e. The van der Waals surface area contributed by atoms with Crippen molar-refractivity contribution in [3.8, 4) is 0 Å². The molecule has 1 aromatic carbocycles. The van der Waals surface area contributed by atoms with Crippen molar-refractivity contribution in [2.45, 2.75) is 24.7 Å². The summed E-state index contributed by atoms with van der Waals surface area (Å²) < 4.78 is 6.22. The second-order valence-electron chi connectivity index (χ2n) is 8.36. The first kappa shape index (κ1) is 19.8. The number of hydrogen-bond donors (Lipinski definition) is 1. The van der Waals surface area contributed by atoms with Crippen LogP contribution in [0.25, 0.3) is 0 Å². The molecular weight excluding hydrogens is 396 g/mol. The Labute approximate surface area is 180 Å². The van der Waals surface area contributed by atoms with Crippen LogP contribution in [0.15, 0.2) is 55.0 Å². The number of rotatable bonds is 6. The van der Waals surface area contributed by atoms with Crippen LogP contribution < -0.4 is 4.90 Å². The van der Waals surface area contributed by atoms with Crippen LogP contribution in [0.3, 0.4) is 0 Å². The average Bonchev–Trinajstić information content (AvgIpc) is 3.43. The van der Waals surface area contributed by atoms with Gasteiger partial charge in [0.1, 0.15) is 11.9 Å². The number of ether oxygens (including phenoxy) is 1. The highest BCUT2D eigenvalue weighted by Crippen LogP contribution is 2.53. The van der Waals surface area contributed by atoms with Gasteiger partial charge in [-0.3, -0.25) is 9.59 Å². The molecule has 1 aromatic heterocycles. The van der Waals surface area contributed by atoms with Crippen molar-refractivity contribution >= 4 is 17.5 Å². The number of carbonyl (C=O) groups excluding carboxylic acids is 2. The summed E-state index contributed by atoms with van der Waals surface area (Å²) in [6, 6.07) is 9.36. The number of carbonyl (C=O) groups is 2. The number of fused-ring (bicyclic) bond motifs is 1. The van der Waals surface area contributed by atoms with Crippen molar-refractivity contribution in [3.05, 3.63) is 66.3 Å². The normalized spacial score (nSPS) is 28.3. The third-order valence-electron chi connectivity index (χ3n) is 6.45. The van der Waals surface area contributed by atoms with Crippen LogP contribution in [0.1, 0.15) is 11.3 Å². The Morgan fingerprint density at radius 2 is 2.13 bits per heavy atom. The number of benzene rings is 1. The molecule has 4 heterocycles. The lowest BCUT2D eigenvalue weighted by Gasteiger charge is -2.27. The van der Waals surface area contributed by atoms with Crippen LogP contribution in [0, 0.1) is 11.8 Å². The Hall–Kier alpha value is -3.10. The van der Waals surface area contributed by atoms with Gasteiger partial charge < -0.3 is 19.6 Å². The van der Waals surface area contributed by atoms with Crippen molar-refractivity contribution in [1.82, 2.24) is 14.9 Å². The van der Waals surface area contributed by atoms with Gasteiger partial charge >= 0.3 is 0 Å². The van der Waals surface area contributed by atoms with E-state index in [-0.39, 0.29) is 24.5 Å². The molecule has 1 spiro atoms. The molecule has 2 aromatic rings. The van der Waals surface area contributed by atoms with Gasteiger partial charge in [0.15, 0.2) is 0 Å². The molecule has 2 fully saturated rings. The van der Waals surface area contributed by atoms with Crippen LogP contribution in [0.5, 0.6) is 0 Å². The van der Waals surface area contributed by atoms with E-state index in [9.17, 15) is 9.59 Å². The number of aliphatic hydroxyl groups excluding tert-OH is 1. The number of hydrogen-bond acceptors (Lipinski definition) is 6. The minimum Gasteiger partial charge on any atom is -0.396 e. The smallest absolute Gasteiger partial charge is 0.234 e. The van der Waals surface area contributed by atoms with Gasteiger partial charge in [-0.15, -0.1) is 0 Å². The molecular formula is C23H24N4O4. The Morgan fingerprint density at radius 1 is 1.32 bits per heavy atom. The van der Waals surface area contributed by atoms with Gasteiger partial charge in [-0.05, 0) is 30.2 Å². The summed E-state index contributed by atoms with van der Waals surface area (Å²) in [4.78, 5) is 38.2. The molecule has 1 N–H and O–H groups in total. The molecule has 3 aliphatic rings. The summed E-state index contributed by atoms with van der Waals surface area (Å²) in [5.41, 5.74) is 1.76. The minimum absolute atomic E-state index is 0.0829. The maximum Gasteiger partial charge on any atom is 0.234 e. The van der Waals surface area contributed by atoms with Crippen molar-refractivity contribution in [1.29, 1.82) is 0 Å². The zero-order valence-electron chi connectivity index (χ0n) is 17.2. The second kappa shape index (κ2) is 7.55. The summed E-state index contributed by atoms with van der Waals surface area (Å²) in [6.07, 6.45) is 7.15. The lowest BCUT2D eigenvalue weighted by Crippen LogP contribution is -2.44. The van der Waals surface area contributed by atoms with Crippen molar-refractivity contribution in [3.63, 3.8) is 0 Å². The molecule has 160 valence electrons. The third kappa shape index (κ3) is 3.23. The fraction of sp³-hybridized carbons (Fsp3) is 0.391. The van der Waals surface area contributed by atoms with Crippen LogP contribution in [0.4, 0.5) is 5.69 Å². The van der Waals surface area contributed by atoms with Crippen LogP contribution in [-0.4, -0.2) is 63.7 Å². The lowest BCUT2D eigenvalue weighted by atomic mass is 9.76. The van der Waals surface area contributed by atoms with Gasteiger partial charge in [-0.2, -0.15) is 0 Å². The maximum atomic E-state index is 13.5. The summed E-state index contributed by atoms with van der Waals surface area (Å²) in [5.74, 6) is -1.30. The molecule has 0 aliphatic carbocycles. The van der Waals surface area contributed by atoms with E-state index >= 15 is 0 Å². The Morgan fingerprint density at radius 3 is 2.84 bits per heavy atom. The highest BCUT2D eigenvalue weighted by molar-refractivity contribution is 6.03. The summed E-state index contributed by atoms with van der Waals surface area (Å²) in [7, 11) is 1.73. The van der Waals surface area contributed by atoms with Gasteiger partial charge in [0, 0.05) is 25.5 Å². The van der Waals surface area contributed by atoms with E-state index < -0.39 is 17.4 Å². The molecule has 4 atom stereocenters. The molecule has 0 radical (unpaired) electrons. The fourth-order valence-electron chi connectivity index (χ4n) is 4.96. The van der Waals surface area contributed by atoms with Crippen LogP contribution in [0.2, 0.25) is 0 Å². The predicted octanol–water partition coefficient (Wildman–Crippen LogP) is 0.956. The van der Waals surface area contributed by atoms with Gasteiger partial charge in [-0.1, -0.05) is 24.3 Å². The summed E-state index contributed by atoms with van der Waals surface area (Å²) >= 11 is 0. The zero-order valence-corrected chi connectivity index (χ0v) is 17.2. The standard InChI is InChI=1S/C23H24N4O4/c1-26(12-16-7-10-24-14-25-16)21(29)19-18-6-9-23(31-18)13-27(22(30)20(19)23)17-4-2-15(3-5-17)8-11-28/h2-7,9-10,14,18-20,28H,8,11-13H2,1H3/t18-,19?,20?,23-/m1/s1. The second-order valence-corrected chi connectivity index (χ2v) is 8.36. The van der Waals surface area contributed by atoms with Gasteiger partial charge in [0.2, 0.25) is 11.8 Å². The van der Waals surface area contributed by atoms with Crippen LogP contribution >= 0.6 is 0 Å². The molecule has 0 saturated carbocycles. The van der Waals surface area contributed by atoms with Gasteiger partial charge in [0.25, 0.3) is 0 Å². The molecule has 2 unspecified atom stereocenters. The monoisotopic (exact) mass is 420 g/mol. The third-order valence-corrected chi connectivity index (χ3v) is 6.45. The molecule has 2 bridgehead atoms. The lowest BCUT2D eigenvalue weighted by molar-refractivity contribution is -0.139. The Balaban J connectivity index is 1.38. The number of nitrogens with zero attached hydrogens (tertiary/aromatic N) is 4. The van der Waals surface area contributed by atoms with E-state index in [1.54, 1.807) is 29.1 Å². The highest BCUT2D eigenvalue weighted by Gasteiger charge is 2.67. The van der Waals surface area contributed by atoms with Crippen molar-refractivity contribution in [2.75, 3.05) is 25.1 Å². The molecule has 31 heavy (non-hydrogen) atoms. The number of aromatic nitrogens is 2. The predicted molar refractivity (Wildman–Crippen MR) is 112 cm³/mol. The molecule has 8 nitrogen and oxygen atoms in total. The van der Waals surface area contributed by atoms with Gasteiger partial charge in [-0.25, -0.2) is 9.97 Å². The van der Waals surface area contributed by atoms with E-state index in [1.807, 2.05) is 36.4 Å². The number of aliphatic hydroxyl groups is 1. The topological polar surface area (TPSA) is 95.9 Å². The highest BCUT2D eigenvalue weighted by atomic mass is 16.5. The summed E-state index contributed by atoms with van der Waals surface area (Å²) in [5, 5.41) is 9.11. The van der Waals surface area contributed by atoms with Crippen LogP contribution in [-0.2, 0) is 27.3 Å². The SMILES string of the molecule is CN(Cc1ccncn1)C(=O)C1C2C(=O)N(c3ccc(CCO)cc3)C[C@]23C=C[C@H]1O3. The number of amides is 2. The van der Waals surface area contributed by atoms with E-state index in [0.29, 0.717) is 19.5 Å². The molecule has 5 rings (SSSR count). The molecule has 8 heteroatoms. The first-order valence-corrected chi connectivity index (χ1v) is 10.4. The fourth-order valence-corrected chi connectivity index (χ4v) is 4.96. The Bertz CT molecular complexity index is 1030. The Kier molecular flexibility index (Phi) is 4.83. The quantitative estimate of drug-likeness (QED) is 0.700. The minimum atomic E-state index is -0.762. The van der Waals surface area contributed by atoms with Crippen molar-refractivity contribution in [2.24, 2.45) is 11.8 Å². The van der Waals surface area contributed by atoms with E-state index in [0.717, 1.165) is 16.9 Å². The zero-order chi connectivity index (χ0) is 21.6. The van der Waals surface area contributed by atoms with E-state index in [4.69, 9.17) is 9.84 Å². The molecule has 2 saturated heterocycles. The first-order valence-electron chi connectivity index (χ1n) is 10.4. The summed E-state index contributed by atoms with van der Waals surface area (Å²) in [6.45, 7) is 0.819. The molecule has 2 amide bonds.